The Balaban J connectivity index is 2.34. The normalized spacial score (nSPS) is 24.8. The van der Waals surface area contributed by atoms with Crippen LogP contribution in [0, 0.1) is 0 Å². The second-order valence-electron chi connectivity index (χ2n) is 6.55. The largest absolute Gasteiger partial charge is 0.492 e. The Bertz CT molecular complexity index is 870. The molecular weight excluding hydrogens is 312 g/mol. The van der Waals surface area contributed by atoms with Gasteiger partial charge in [0.1, 0.15) is 29.3 Å². The van der Waals surface area contributed by atoms with Gasteiger partial charge in [0, 0.05) is 23.3 Å². The van der Waals surface area contributed by atoms with Crippen LogP contribution in [0.4, 0.5) is 0 Å². The average molecular weight is 330 g/mol. The lowest BCUT2D eigenvalue weighted by Gasteiger charge is -2.49. The van der Waals surface area contributed by atoms with E-state index in [1.807, 2.05) is 0 Å². The van der Waals surface area contributed by atoms with Crippen LogP contribution in [0.25, 0.3) is 0 Å². The molecule has 0 saturated heterocycles. The predicted molar refractivity (Wildman–Crippen MR) is 85.5 cm³/mol. The van der Waals surface area contributed by atoms with Crippen molar-refractivity contribution >= 4 is 6.29 Å². The number of hydrogen-bond acceptors (Lipinski definition) is 6. The summed E-state index contributed by atoms with van der Waals surface area (Å²) in [5.74, 6) is 0.0990. The molecule has 1 aliphatic heterocycles. The summed E-state index contributed by atoms with van der Waals surface area (Å²) in [7, 11) is 0. The monoisotopic (exact) mass is 330 g/mol. The third-order valence-corrected chi connectivity index (χ3v) is 4.64. The summed E-state index contributed by atoms with van der Waals surface area (Å²) in [5.41, 5.74) is -2.24. The van der Waals surface area contributed by atoms with Crippen LogP contribution in [-0.4, -0.2) is 37.5 Å². The molecule has 0 fully saturated rings. The number of aromatic hydroxyl groups is 1. The Kier molecular flexibility index (Phi) is 3.49. The van der Waals surface area contributed by atoms with Gasteiger partial charge in [-0.3, -0.25) is 9.59 Å². The van der Waals surface area contributed by atoms with Gasteiger partial charge in [-0.1, -0.05) is 0 Å². The van der Waals surface area contributed by atoms with Crippen LogP contribution >= 0.6 is 0 Å². The predicted octanol–water partition coefficient (Wildman–Crippen LogP) is 1.27. The minimum absolute atomic E-state index is 0.345. The molecule has 2 N–H and O–H groups in total. The van der Waals surface area contributed by atoms with E-state index in [2.05, 4.69) is 5.10 Å². The van der Waals surface area contributed by atoms with E-state index in [0.717, 1.165) is 4.68 Å². The Morgan fingerprint density at radius 1 is 1.25 bits per heavy atom. The Labute approximate surface area is 138 Å². The van der Waals surface area contributed by atoms with Crippen LogP contribution in [0.1, 0.15) is 42.7 Å². The first-order valence-electron chi connectivity index (χ1n) is 7.47. The molecule has 2 heterocycles. The molecule has 24 heavy (non-hydrogen) atoms. The van der Waals surface area contributed by atoms with Crippen LogP contribution < -0.4 is 10.3 Å². The quantitative estimate of drug-likeness (QED) is 0.804. The number of aldehydes is 1. The molecule has 1 aliphatic rings. The molecule has 1 aromatic carbocycles. The van der Waals surface area contributed by atoms with E-state index in [1.54, 1.807) is 32.0 Å². The van der Waals surface area contributed by atoms with Gasteiger partial charge in [0.2, 0.25) is 5.88 Å². The van der Waals surface area contributed by atoms with Crippen LogP contribution in [0.15, 0.2) is 35.1 Å². The van der Waals surface area contributed by atoms with E-state index in [9.17, 15) is 19.8 Å². The summed E-state index contributed by atoms with van der Waals surface area (Å²) in [5, 5.41) is 24.7. The SMILES string of the molecule is CC1(C)Oc2ccc(C=O)cc2C(n2nc(O)ccc2=O)C1(C)O. The van der Waals surface area contributed by atoms with Crippen molar-refractivity contribution in [3.8, 4) is 11.6 Å². The van der Waals surface area contributed by atoms with Crippen molar-refractivity contribution < 1.29 is 19.7 Å². The number of carbonyl (C=O) groups excluding carboxylic acids is 1. The number of aliphatic hydroxyl groups is 1. The van der Waals surface area contributed by atoms with E-state index in [0.29, 0.717) is 23.2 Å². The van der Waals surface area contributed by atoms with Crippen molar-refractivity contribution in [1.82, 2.24) is 9.78 Å². The highest BCUT2D eigenvalue weighted by Gasteiger charge is 2.54. The molecule has 2 atom stereocenters. The van der Waals surface area contributed by atoms with Crippen molar-refractivity contribution in [3.05, 3.63) is 51.8 Å². The fourth-order valence-corrected chi connectivity index (χ4v) is 2.93. The fourth-order valence-electron chi connectivity index (χ4n) is 2.93. The molecule has 0 aliphatic carbocycles. The van der Waals surface area contributed by atoms with Gasteiger partial charge in [0.05, 0.1) is 0 Å². The molecule has 7 heteroatoms. The average Bonchev–Trinajstić information content (AvgIpc) is 2.51. The summed E-state index contributed by atoms with van der Waals surface area (Å²) < 4.78 is 6.91. The first kappa shape index (κ1) is 16.2. The van der Waals surface area contributed by atoms with Crippen LogP contribution in [0.5, 0.6) is 11.6 Å². The second kappa shape index (κ2) is 5.17. The van der Waals surface area contributed by atoms with E-state index in [4.69, 9.17) is 4.74 Å². The summed E-state index contributed by atoms with van der Waals surface area (Å²) in [6, 6.07) is 6.18. The maximum atomic E-state index is 12.3. The minimum Gasteiger partial charge on any atom is -0.492 e. The molecule has 2 unspecified atom stereocenters. The summed E-state index contributed by atoms with van der Waals surface area (Å²) in [6.07, 6.45) is 0.671. The molecule has 7 nitrogen and oxygen atoms in total. The van der Waals surface area contributed by atoms with Gasteiger partial charge in [-0.25, -0.2) is 4.68 Å². The summed E-state index contributed by atoms with van der Waals surface area (Å²) in [6.45, 7) is 4.93. The van der Waals surface area contributed by atoms with E-state index < -0.39 is 22.8 Å². The van der Waals surface area contributed by atoms with Gasteiger partial charge < -0.3 is 14.9 Å². The zero-order chi connectivity index (χ0) is 17.7. The Morgan fingerprint density at radius 2 is 1.96 bits per heavy atom. The molecule has 0 saturated carbocycles. The zero-order valence-electron chi connectivity index (χ0n) is 13.6. The van der Waals surface area contributed by atoms with E-state index in [1.165, 1.54) is 19.1 Å². The number of nitrogens with zero attached hydrogens (tertiary/aromatic N) is 2. The van der Waals surface area contributed by atoms with Gasteiger partial charge in [-0.05, 0) is 39.0 Å². The lowest BCUT2D eigenvalue weighted by molar-refractivity contribution is -0.141. The van der Waals surface area contributed by atoms with Gasteiger partial charge in [-0.2, -0.15) is 0 Å². The highest BCUT2D eigenvalue weighted by Crippen LogP contribution is 2.47. The molecule has 0 spiro atoms. The lowest BCUT2D eigenvalue weighted by atomic mass is 9.75. The van der Waals surface area contributed by atoms with Crippen molar-refractivity contribution in [2.75, 3.05) is 0 Å². The van der Waals surface area contributed by atoms with Crippen molar-refractivity contribution in [2.24, 2.45) is 0 Å². The topological polar surface area (TPSA) is 102 Å². The number of rotatable bonds is 2. The smallest absolute Gasteiger partial charge is 0.267 e. The highest BCUT2D eigenvalue weighted by molar-refractivity contribution is 5.76. The standard InChI is InChI=1S/C17H18N2O5/c1-16(2)17(3,23)15(19-14(22)7-6-13(21)18-19)11-8-10(9-20)4-5-12(11)24-16/h4-9,15,23H,1-3H3,(H,18,21). The first-order chi connectivity index (χ1) is 11.2. The van der Waals surface area contributed by atoms with Gasteiger partial charge in [-0.15, -0.1) is 5.10 Å². The second-order valence-corrected chi connectivity index (χ2v) is 6.55. The number of carbonyl (C=O) groups is 1. The minimum atomic E-state index is -1.54. The number of ether oxygens (including phenoxy) is 1. The zero-order valence-corrected chi connectivity index (χ0v) is 13.6. The molecule has 1 aromatic heterocycles. The van der Waals surface area contributed by atoms with Crippen molar-refractivity contribution in [1.29, 1.82) is 0 Å². The first-order valence-corrected chi connectivity index (χ1v) is 7.47. The van der Waals surface area contributed by atoms with Crippen LogP contribution in [0.2, 0.25) is 0 Å². The van der Waals surface area contributed by atoms with Gasteiger partial charge >= 0.3 is 0 Å². The summed E-state index contributed by atoms with van der Waals surface area (Å²) >= 11 is 0. The maximum Gasteiger partial charge on any atom is 0.267 e. The van der Waals surface area contributed by atoms with Crippen molar-refractivity contribution in [2.45, 2.75) is 38.0 Å². The highest BCUT2D eigenvalue weighted by atomic mass is 16.5. The molecule has 3 rings (SSSR count). The van der Waals surface area contributed by atoms with Crippen molar-refractivity contribution in [3.63, 3.8) is 0 Å². The number of hydrogen-bond donors (Lipinski definition) is 2. The Hall–Kier alpha value is -2.67. The summed E-state index contributed by atoms with van der Waals surface area (Å²) in [4.78, 5) is 23.4. The molecule has 126 valence electrons. The number of aromatic nitrogens is 2. The Morgan fingerprint density at radius 3 is 2.62 bits per heavy atom. The molecule has 0 bridgehead atoms. The third kappa shape index (κ3) is 2.28. The third-order valence-electron chi connectivity index (χ3n) is 4.64. The van der Waals surface area contributed by atoms with E-state index in [-0.39, 0.29) is 5.88 Å². The lowest BCUT2D eigenvalue weighted by Crippen LogP contribution is -2.61. The van der Waals surface area contributed by atoms with Gasteiger partial charge in [0.15, 0.2) is 0 Å². The van der Waals surface area contributed by atoms with Gasteiger partial charge in [0.25, 0.3) is 5.56 Å². The molecule has 0 amide bonds. The number of benzene rings is 1. The molecule has 0 radical (unpaired) electrons. The molecular formula is C17H18N2O5. The molecule has 2 aromatic rings. The number of fused-ring (bicyclic) bond motifs is 1. The van der Waals surface area contributed by atoms with Crippen LogP contribution in [-0.2, 0) is 0 Å². The van der Waals surface area contributed by atoms with E-state index >= 15 is 0 Å². The maximum absolute atomic E-state index is 12.3. The fraction of sp³-hybridized carbons (Fsp3) is 0.353. The van der Waals surface area contributed by atoms with Crippen LogP contribution in [0.3, 0.4) is 0 Å².